The number of carbonyl (C=O) groups excluding carboxylic acids is 2. The van der Waals surface area contributed by atoms with Crippen LogP contribution in [0.4, 0.5) is 9.18 Å². The Labute approximate surface area is 197 Å². The van der Waals surface area contributed by atoms with Crippen LogP contribution in [-0.2, 0) is 9.53 Å². The van der Waals surface area contributed by atoms with Gasteiger partial charge in [-0.3, -0.25) is 4.79 Å². The van der Waals surface area contributed by atoms with Gasteiger partial charge in [0, 0.05) is 12.5 Å². The summed E-state index contributed by atoms with van der Waals surface area (Å²) < 4.78 is 25.2. The normalized spacial score (nSPS) is 13.1. The Hall–Kier alpha value is -2.61. The summed E-state index contributed by atoms with van der Waals surface area (Å²) in [7, 11) is 0. The zero-order valence-corrected chi connectivity index (χ0v) is 20.4. The Morgan fingerprint density at radius 3 is 2.38 bits per heavy atom. The third kappa shape index (κ3) is 8.86. The van der Waals surface area contributed by atoms with Crippen LogP contribution < -0.4 is 15.4 Å². The summed E-state index contributed by atoms with van der Waals surface area (Å²) in [6, 6.07) is 13.1. The molecule has 2 aromatic rings. The first-order valence-electron chi connectivity index (χ1n) is 10.5. The maximum Gasteiger partial charge on any atom is 0.408 e. The second-order valence-corrected chi connectivity index (χ2v) is 9.32. The summed E-state index contributed by atoms with van der Waals surface area (Å²) in [6.07, 6.45) is -0.0499. The van der Waals surface area contributed by atoms with E-state index in [1.54, 1.807) is 32.9 Å². The third-order valence-corrected chi connectivity index (χ3v) is 5.03. The van der Waals surface area contributed by atoms with Crippen LogP contribution in [0.15, 0.2) is 53.0 Å². The van der Waals surface area contributed by atoms with E-state index in [2.05, 4.69) is 26.6 Å². The van der Waals surface area contributed by atoms with E-state index in [-0.39, 0.29) is 30.7 Å². The van der Waals surface area contributed by atoms with E-state index in [1.165, 1.54) is 6.07 Å². The van der Waals surface area contributed by atoms with Crippen LogP contribution in [-0.4, -0.2) is 30.3 Å². The predicted molar refractivity (Wildman–Crippen MR) is 125 cm³/mol. The van der Waals surface area contributed by atoms with Crippen molar-refractivity contribution in [1.82, 2.24) is 10.6 Å². The summed E-state index contributed by atoms with van der Waals surface area (Å²) in [5.74, 6) is -0.527. The number of nitrogens with one attached hydrogen (secondary N) is 2. The third-order valence-electron chi connectivity index (χ3n) is 4.41. The lowest BCUT2D eigenvalue weighted by atomic mass is 10.0. The fraction of sp³-hybridized carbons (Fsp3) is 0.417. The van der Waals surface area contributed by atoms with Crippen molar-refractivity contribution in [2.24, 2.45) is 0 Å². The van der Waals surface area contributed by atoms with Crippen LogP contribution in [0.5, 0.6) is 5.75 Å². The number of rotatable bonds is 9. The number of halogens is 2. The highest BCUT2D eigenvalue weighted by Crippen LogP contribution is 2.27. The molecule has 0 aliphatic rings. The molecule has 6 nitrogen and oxygen atoms in total. The molecule has 8 heteroatoms. The number of hydrogen-bond acceptors (Lipinski definition) is 4. The van der Waals surface area contributed by atoms with Crippen LogP contribution in [0.3, 0.4) is 0 Å². The van der Waals surface area contributed by atoms with E-state index in [0.717, 1.165) is 5.56 Å². The molecule has 0 aliphatic heterocycles. The van der Waals surface area contributed by atoms with E-state index < -0.39 is 23.6 Å². The minimum atomic E-state index is -0.644. The highest BCUT2D eigenvalue weighted by atomic mass is 79.9. The lowest BCUT2D eigenvalue weighted by molar-refractivity contribution is -0.122. The quantitative estimate of drug-likeness (QED) is 0.467. The molecule has 0 heterocycles. The highest BCUT2D eigenvalue weighted by Gasteiger charge is 2.23. The van der Waals surface area contributed by atoms with E-state index in [0.29, 0.717) is 10.9 Å². The Kier molecular flexibility index (Phi) is 9.50. The summed E-state index contributed by atoms with van der Waals surface area (Å²) in [4.78, 5) is 24.9. The van der Waals surface area contributed by atoms with Crippen LogP contribution in [0, 0.1) is 5.82 Å². The van der Waals surface area contributed by atoms with Gasteiger partial charge >= 0.3 is 6.09 Å². The van der Waals surface area contributed by atoms with Crippen molar-refractivity contribution >= 4 is 27.9 Å². The number of para-hydroxylation sites is 1. The van der Waals surface area contributed by atoms with E-state index in [9.17, 15) is 14.0 Å². The monoisotopic (exact) mass is 508 g/mol. The maximum atomic E-state index is 13.8. The molecule has 0 saturated carbocycles. The molecule has 0 spiro atoms. The fourth-order valence-corrected chi connectivity index (χ4v) is 3.39. The number of carbonyl (C=O) groups is 2. The highest BCUT2D eigenvalue weighted by molar-refractivity contribution is 9.10. The Bertz CT molecular complexity index is 882. The van der Waals surface area contributed by atoms with Gasteiger partial charge in [0.2, 0.25) is 5.91 Å². The van der Waals surface area contributed by atoms with Crippen molar-refractivity contribution in [3.8, 4) is 5.75 Å². The molecule has 2 N–H and O–H groups in total. The molecule has 174 valence electrons. The summed E-state index contributed by atoms with van der Waals surface area (Å²) >= 11 is 3.26. The van der Waals surface area contributed by atoms with Crippen molar-refractivity contribution in [3.63, 3.8) is 0 Å². The van der Waals surface area contributed by atoms with Crippen LogP contribution in [0.1, 0.15) is 52.1 Å². The van der Waals surface area contributed by atoms with Gasteiger partial charge in [-0.2, -0.15) is 0 Å². The van der Waals surface area contributed by atoms with E-state index >= 15 is 0 Å². The maximum absolute atomic E-state index is 13.8. The number of hydrogen-bond donors (Lipinski definition) is 2. The summed E-state index contributed by atoms with van der Waals surface area (Å²) in [6.45, 7) is 7.41. The number of ether oxygens (including phenoxy) is 2. The summed E-state index contributed by atoms with van der Waals surface area (Å²) in [5, 5.41) is 5.68. The molecule has 32 heavy (non-hydrogen) atoms. The smallest absolute Gasteiger partial charge is 0.408 e. The first kappa shape index (κ1) is 25.6. The second kappa shape index (κ2) is 11.9. The molecule has 0 bridgehead atoms. The molecular formula is C24H30BrFN2O4. The Morgan fingerprint density at radius 1 is 1.06 bits per heavy atom. The molecule has 0 saturated heterocycles. The van der Waals surface area contributed by atoms with Gasteiger partial charge in [-0.05, 0) is 61.3 Å². The first-order valence-corrected chi connectivity index (χ1v) is 11.2. The first-order chi connectivity index (χ1) is 15.0. The summed E-state index contributed by atoms with van der Waals surface area (Å²) in [5.41, 5.74) is 0.156. The van der Waals surface area contributed by atoms with Gasteiger partial charge in [0.25, 0.3) is 0 Å². The molecular weight excluding hydrogens is 479 g/mol. The van der Waals surface area contributed by atoms with Crippen LogP contribution in [0.25, 0.3) is 0 Å². The zero-order valence-electron chi connectivity index (χ0n) is 18.8. The topological polar surface area (TPSA) is 76.7 Å². The van der Waals surface area contributed by atoms with Gasteiger partial charge in [0.05, 0.1) is 23.5 Å². The fourth-order valence-electron chi connectivity index (χ4n) is 2.94. The van der Waals surface area contributed by atoms with Gasteiger partial charge in [-0.1, -0.05) is 36.4 Å². The lowest BCUT2D eigenvalue weighted by Crippen LogP contribution is -2.39. The van der Waals surface area contributed by atoms with Crippen molar-refractivity contribution in [3.05, 3.63) is 64.4 Å². The number of benzene rings is 2. The van der Waals surface area contributed by atoms with Gasteiger partial charge in [-0.15, -0.1) is 0 Å². The second-order valence-electron chi connectivity index (χ2n) is 8.47. The van der Waals surface area contributed by atoms with E-state index in [4.69, 9.17) is 9.47 Å². The number of amides is 2. The minimum absolute atomic E-state index is 0.0489. The van der Waals surface area contributed by atoms with Crippen LogP contribution in [0.2, 0.25) is 0 Å². The standard InChI is InChI=1S/C24H30BrFN2O4/c1-16(13-14-31-22-18(25)11-8-12-19(22)26)27-21(29)15-20(17-9-6-5-7-10-17)28-23(30)32-24(2,3)4/h5-12,16,20H,13-15H2,1-4H3,(H,27,29)(H,28,30)/t16-,20-/m0/s1. The average Bonchev–Trinajstić information content (AvgIpc) is 2.69. The van der Waals surface area contributed by atoms with E-state index in [1.807, 2.05) is 37.3 Å². The SMILES string of the molecule is C[C@@H](CCOc1c(F)cccc1Br)NC(=O)C[C@H](NC(=O)OC(C)(C)C)c1ccccc1. The molecule has 0 aliphatic carbocycles. The predicted octanol–water partition coefficient (Wildman–Crippen LogP) is 5.52. The van der Waals surface area contributed by atoms with Gasteiger partial charge in [-0.25, -0.2) is 9.18 Å². The van der Waals surface area contributed by atoms with Gasteiger partial charge in [0.1, 0.15) is 5.60 Å². The number of alkyl carbamates (subject to hydrolysis) is 1. The molecule has 0 aromatic heterocycles. The molecule has 0 unspecified atom stereocenters. The molecule has 2 aromatic carbocycles. The molecule has 0 radical (unpaired) electrons. The minimum Gasteiger partial charge on any atom is -0.489 e. The lowest BCUT2D eigenvalue weighted by Gasteiger charge is -2.24. The van der Waals surface area contributed by atoms with Crippen molar-refractivity contribution < 1.29 is 23.5 Å². The van der Waals surface area contributed by atoms with Crippen LogP contribution >= 0.6 is 15.9 Å². The average molecular weight is 509 g/mol. The molecule has 0 fully saturated rings. The Morgan fingerprint density at radius 2 is 1.75 bits per heavy atom. The van der Waals surface area contributed by atoms with Crippen molar-refractivity contribution in [1.29, 1.82) is 0 Å². The van der Waals surface area contributed by atoms with Crippen molar-refractivity contribution in [2.75, 3.05) is 6.61 Å². The molecule has 2 atom stereocenters. The zero-order chi connectivity index (χ0) is 23.7. The van der Waals surface area contributed by atoms with Gasteiger partial charge in [0.15, 0.2) is 11.6 Å². The van der Waals surface area contributed by atoms with Gasteiger partial charge < -0.3 is 20.1 Å². The molecule has 2 amide bonds. The van der Waals surface area contributed by atoms with Crippen molar-refractivity contribution in [2.45, 2.75) is 58.2 Å². The Balaban J connectivity index is 1.90. The largest absolute Gasteiger partial charge is 0.489 e. The molecule has 2 rings (SSSR count).